The number of rotatable bonds is 8. The molecular weight excluding hydrogens is 450 g/mol. The van der Waals surface area contributed by atoms with Gasteiger partial charge in [-0.3, -0.25) is 10.1 Å². The van der Waals surface area contributed by atoms with E-state index in [1.165, 1.54) is 24.3 Å². The zero-order valence-corrected chi connectivity index (χ0v) is 18.5. The van der Waals surface area contributed by atoms with Gasteiger partial charge in [0.05, 0.1) is 4.90 Å². The second-order valence-electron chi connectivity index (χ2n) is 6.52. The maximum Gasteiger partial charge on any atom is 0.257 e. The van der Waals surface area contributed by atoms with Gasteiger partial charge in [0.15, 0.2) is 5.11 Å². The van der Waals surface area contributed by atoms with Crippen LogP contribution >= 0.6 is 12.2 Å². The number of carbonyl (C=O) groups excluding carboxylic acids is 1. The minimum Gasteiger partial charge on any atom is -0.490 e. The summed E-state index contributed by atoms with van der Waals surface area (Å²) >= 11 is 5.15. The van der Waals surface area contributed by atoms with Gasteiger partial charge in [-0.2, -0.15) is 0 Å². The molecule has 0 aliphatic heterocycles. The van der Waals surface area contributed by atoms with Gasteiger partial charge >= 0.3 is 0 Å². The molecule has 0 saturated carbocycles. The van der Waals surface area contributed by atoms with Crippen molar-refractivity contribution < 1.29 is 22.7 Å². The summed E-state index contributed by atoms with van der Waals surface area (Å²) in [7, 11) is -3.78. The minimum atomic E-state index is -3.78. The highest BCUT2D eigenvalue weighted by molar-refractivity contribution is 7.89. The highest BCUT2D eigenvalue weighted by Gasteiger charge is 2.11. The van der Waals surface area contributed by atoms with E-state index in [9.17, 15) is 13.2 Å². The Kier molecular flexibility index (Phi) is 7.77. The Morgan fingerprint density at radius 2 is 1.50 bits per heavy atom. The first-order valence-corrected chi connectivity index (χ1v) is 11.4. The zero-order valence-electron chi connectivity index (χ0n) is 16.9. The number of amides is 1. The molecule has 3 aromatic carbocycles. The number of nitrogens with two attached hydrogens (primary N) is 1. The third-order valence-electron chi connectivity index (χ3n) is 4.13. The highest BCUT2D eigenvalue weighted by atomic mass is 32.2. The smallest absolute Gasteiger partial charge is 0.257 e. The predicted octanol–water partition coefficient (Wildman–Crippen LogP) is 2.92. The van der Waals surface area contributed by atoms with Crippen molar-refractivity contribution in [2.75, 3.05) is 18.5 Å². The minimum absolute atomic E-state index is 0.0241. The maximum atomic E-state index is 12.5. The molecule has 0 fully saturated rings. The van der Waals surface area contributed by atoms with Gasteiger partial charge < -0.3 is 14.8 Å². The number of para-hydroxylation sites is 1. The second kappa shape index (κ2) is 10.7. The fourth-order valence-electron chi connectivity index (χ4n) is 2.63. The number of ether oxygens (including phenoxy) is 2. The number of anilines is 1. The normalized spacial score (nSPS) is 10.8. The molecule has 0 saturated heterocycles. The Bertz CT molecular complexity index is 1180. The van der Waals surface area contributed by atoms with Crippen molar-refractivity contribution in [3.05, 3.63) is 84.4 Å². The number of primary sulfonamides is 1. The van der Waals surface area contributed by atoms with E-state index in [1.54, 1.807) is 24.3 Å². The third-order valence-corrected chi connectivity index (χ3v) is 5.26. The largest absolute Gasteiger partial charge is 0.490 e. The zero-order chi connectivity index (χ0) is 23.0. The lowest BCUT2D eigenvalue weighted by atomic mass is 10.2. The van der Waals surface area contributed by atoms with Crippen LogP contribution in [0.4, 0.5) is 5.69 Å². The van der Waals surface area contributed by atoms with Crippen molar-refractivity contribution in [3.63, 3.8) is 0 Å². The quantitative estimate of drug-likeness (QED) is 0.341. The molecule has 0 heterocycles. The Labute approximate surface area is 191 Å². The molecule has 0 aromatic heterocycles. The number of hydrogen-bond acceptors (Lipinski definition) is 6. The van der Waals surface area contributed by atoms with Gasteiger partial charge in [0.25, 0.3) is 5.91 Å². The van der Waals surface area contributed by atoms with Crippen LogP contribution in [-0.2, 0) is 10.0 Å². The van der Waals surface area contributed by atoms with Crippen molar-refractivity contribution in [1.29, 1.82) is 0 Å². The average molecular weight is 472 g/mol. The monoisotopic (exact) mass is 471 g/mol. The molecule has 0 bridgehead atoms. The number of hydrogen-bond donors (Lipinski definition) is 3. The van der Waals surface area contributed by atoms with Crippen LogP contribution in [0.3, 0.4) is 0 Å². The summed E-state index contributed by atoms with van der Waals surface area (Å²) in [4.78, 5) is 12.5. The molecule has 0 atom stereocenters. The van der Waals surface area contributed by atoms with Crippen LogP contribution in [0.1, 0.15) is 10.4 Å². The van der Waals surface area contributed by atoms with E-state index in [0.717, 1.165) is 5.75 Å². The fraction of sp³-hybridized carbons (Fsp3) is 0.0909. The lowest BCUT2D eigenvalue weighted by Crippen LogP contribution is -2.34. The predicted molar refractivity (Wildman–Crippen MR) is 125 cm³/mol. The summed E-state index contributed by atoms with van der Waals surface area (Å²) in [6.45, 7) is 0.674. The first kappa shape index (κ1) is 23.2. The molecule has 166 valence electrons. The maximum absolute atomic E-state index is 12.5. The van der Waals surface area contributed by atoms with Crippen molar-refractivity contribution >= 4 is 38.9 Å². The van der Waals surface area contributed by atoms with Crippen LogP contribution in [0, 0.1) is 0 Å². The summed E-state index contributed by atoms with van der Waals surface area (Å²) in [5.74, 6) is 0.853. The molecule has 3 aromatic rings. The van der Waals surface area contributed by atoms with E-state index in [0.29, 0.717) is 30.2 Å². The molecule has 0 aliphatic rings. The molecule has 0 spiro atoms. The standard InChI is InChI=1S/C22H21N3O5S2/c23-32(27,28)20-11-9-17(10-12-20)24-22(31)25-21(26)16-5-4-8-19(15-16)30-14-13-29-18-6-2-1-3-7-18/h1-12,15H,13-14H2,(H2,23,27,28)(H2,24,25,26,31). The summed E-state index contributed by atoms with van der Waals surface area (Å²) in [6.07, 6.45) is 0. The third kappa shape index (κ3) is 7.05. The SMILES string of the molecule is NS(=O)(=O)c1ccc(NC(=S)NC(=O)c2cccc(OCCOc3ccccc3)c2)cc1. The van der Waals surface area contributed by atoms with E-state index in [4.69, 9.17) is 26.8 Å². The van der Waals surface area contributed by atoms with Crippen LogP contribution in [0.5, 0.6) is 11.5 Å². The number of carbonyl (C=O) groups is 1. The molecule has 10 heteroatoms. The van der Waals surface area contributed by atoms with Gasteiger partial charge in [0.1, 0.15) is 24.7 Å². The lowest BCUT2D eigenvalue weighted by molar-refractivity contribution is 0.0977. The van der Waals surface area contributed by atoms with Gasteiger partial charge in [0.2, 0.25) is 10.0 Å². The summed E-state index contributed by atoms with van der Waals surface area (Å²) in [6, 6.07) is 21.7. The lowest BCUT2D eigenvalue weighted by Gasteiger charge is -2.11. The van der Waals surface area contributed by atoms with Crippen LogP contribution < -0.4 is 25.2 Å². The van der Waals surface area contributed by atoms with E-state index in [2.05, 4.69) is 10.6 Å². The second-order valence-corrected chi connectivity index (χ2v) is 8.49. The van der Waals surface area contributed by atoms with E-state index >= 15 is 0 Å². The molecular formula is C22H21N3O5S2. The van der Waals surface area contributed by atoms with E-state index in [-0.39, 0.29) is 10.0 Å². The fourth-order valence-corrected chi connectivity index (χ4v) is 3.35. The number of benzene rings is 3. The Morgan fingerprint density at radius 1 is 0.875 bits per heavy atom. The average Bonchev–Trinajstić information content (AvgIpc) is 2.77. The number of nitrogens with one attached hydrogen (secondary N) is 2. The highest BCUT2D eigenvalue weighted by Crippen LogP contribution is 2.15. The van der Waals surface area contributed by atoms with Crippen molar-refractivity contribution in [3.8, 4) is 11.5 Å². The number of thiocarbonyl (C=S) groups is 1. The Balaban J connectivity index is 1.49. The molecule has 1 amide bonds. The molecule has 3 rings (SSSR count). The summed E-state index contributed by atoms with van der Waals surface area (Å²) < 4.78 is 33.8. The van der Waals surface area contributed by atoms with Crippen molar-refractivity contribution in [1.82, 2.24) is 5.32 Å². The van der Waals surface area contributed by atoms with Crippen LogP contribution in [-0.4, -0.2) is 32.7 Å². The van der Waals surface area contributed by atoms with Gasteiger partial charge in [-0.05, 0) is 66.8 Å². The van der Waals surface area contributed by atoms with Crippen molar-refractivity contribution in [2.45, 2.75) is 4.90 Å². The molecule has 4 N–H and O–H groups in total. The van der Waals surface area contributed by atoms with Crippen LogP contribution in [0.2, 0.25) is 0 Å². The van der Waals surface area contributed by atoms with Gasteiger partial charge in [0, 0.05) is 11.3 Å². The van der Waals surface area contributed by atoms with E-state index < -0.39 is 15.9 Å². The Hall–Kier alpha value is -3.47. The van der Waals surface area contributed by atoms with Crippen molar-refractivity contribution in [2.24, 2.45) is 5.14 Å². The van der Waals surface area contributed by atoms with Gasteiger partial charge in [-0.15, -0.1) is 0 Å². The molecule has 8 nitrogen and oxygen atoms in total. The van der Waals surface area contributed by atoms with Gasteiger partial charge in [-0.1, -0.05) is 24.3 Å². The van der Waals surface area contributed by atoms with Crippen LogP contribution in [0.25, 0.3) is 0 Å². The Morgan fingerprint density at radius 3 is 2.16 bits per heavy atom. The first-order chi connectivity index (χ1) is 15.3. The molecule has 32 heavy (non-hydrogen) atoms. The topological polar surface area (TPSA) is 120 Å². The van der Waals surface area contributed by atoms with Crippen LogP contribution in [0.15, 0.2) is 83.8 Å². The first-order valence-electron chi connectivity index (χ1n) is 9.47. The summed E-state index contributed by atoms with van der Waals surface area (Å²) in [5.41, 5.74) is 0.860. The summed E-state index contributed by atoms with van der Waals surface area (Å²) in [5, 5.41) is 10.5. The molecule has 0 aliphatic carbocycles. The number of sulfonamides is 1. The van der Waals surface area contributed by atoms with E-state index in [1.807, 2.05) is 30.3 Å². The molecule has 0 radical (unpaired) electrons. The van der Waals surface area contributed by atoms with Gasteiger partial charge in [-0.25, -0.2) is 13.6 Å². The molecule has 0 unspecified atom stereocenters.